The van der Waals surface area contributed by atoms with E-state index in [0.717, 1.165) is 11.3 Å². The Labute approximate surface area is 225 Å². The Morgan fingerprint density at radius 3 is 2.74 bits per heavy atom. The summed E-state index contributed by atoms with van der Waals surface area (Å²) < 4.78 is 39.0. The van der Waals surface area contributed by atoms with Gasteiger partial charge in [0.2, 0.25) is 0 Å². The molecular formula is C26H31N3O7S2. The Kier molecular flexibility index (Phi) is 8.54. The van der Waals surface area contributed by atoms with E-state index in [0.29, 0.717) is 34.0 Å². The monoisotopic (exact) mass is 561 g/mol. The van der Waals surface area contributed by atoms with E-state index in [9.17, 15) is 22.8 Å². The Morgan fingerprint density at radius 1 is 1.26 bits per heavy atom. The molecule has 3 aromatic rings. The number of amides is 2. The molecule has 2 aromatic heterocycles. The van der Waals surface area contributed by atoms with Crippen LogP contribution in [0, 0.1) is 5.92 Å². The van der Waals surface area contributed by atoms with Gasteiger partial charge in [0, 0.05) is 5.39 Å². The van der Waals surface area contributed by atoms with Gasteiger partial charge in [0.05, 0.1) is 13.7 Å². The second-order valence-electron chi connectivity index (χ2n) is 9.54. The van der Waals surface area contributed by atoms with E-state index in [1.54, 1.807) is 29.6 Å². The second-order valence-corrected chi connectivity index (χ2v) is 12.5. The van der Waals surface area contributed by atoms with Gasteiger partial charge in [0.1, 0.15) is 27.6 Å². The molecule has 10 nitrogen and oxygen atoms in total. The molecule has 4 rings (SSSR count). The number of carbonyl (C=O) groups is 3. The maximum Gasteiger partial charge on any atom is 0.287 e. The number of benzene rings is 1. The molecule has 204 valence electrons. The third-order valence-corrected chi connectivity index (χ3v) is 9.45. The summed E-state index contributed by atoms with van der Waals surface area (Å²) in [6.07, 6.45) is 0.869. The van der Waals surface area contributed by atoms with Crippen molar-refractivity contribution in [1.29, 1.82) is 0 Å². The maximum atomic E-state index is 14.0. The van der Waals surface area contributed by atoms with Gasteiger partial charge in [-0.05, 0) is 67.4 Å². The summed E-state index contributed by atoms with van der Waals surface area (Å²) in [4.78, 5) is 40.2. The molecule has 1 aliphatic rings. The Bertz CT molecular complexity index is 1410. The van der Waals surface area contributed by atoms with E-state index in [-0.39, 0.29) is 35.3 Å². The third kappa shape index (κ3) is 5.92. The highest BCUT2D eigenvalue weighted by molar-refractivity contribution is 7.91. The van der Waals surface area contributed by atoms with Crippen molar-refractivity contribution in [2.45, 2.75) is 49.4 Å². The minimum Gasteiger partial charge on any atom is -0.497 e. The zero-order chi connectivity index (χ0) is 27.4. The summed E-state index contributed by atoms with van der Waals surface area (Å²) in [6, 6.07) is 7.21. The average molecular weight is 562 g/mol. The van der Waals surface area contributed by atoms with Gasteiger partial charge in [-0.2, -0.15) is 0 Å². The molecule has 1 aromatic carbocycles. The first-order valence-corrected chi connectivity index (χ1v) is 14.7. The molecule has 1 saturated heterocycles. The van der Waals surface area contributed by atoms with Gasteiger partial charge >= 0.3 is 0 Å². The Balaban J connectivity index is 1.69. The van der Waals surface area contributed by atoms with Crippen LogP contribution in [-0.4, -0.2) is 62.6 Å². The van der Waals surface area contributed by atoms with Gasteiger partial charge < -0.3 is 19.8 Å². The summed E-state index contributed by atoms with van der Waals surface area (Å²) in [5.41, 5.74) is 0.459. The van der Waals surface area contributed by atoms with Crippen LogP contribution in [-0.2, 0) is 19.6 Å². The van der Waals surface area contributed by atoms with Crippen LogP contribution < -0.4 is 15.4 Å². The van der Waals surface area contributed by atoms with E-state index in [1.165, 1.54) is 19.2 Å². The number of ketones is 1. The van der Waals surface area contributed by atoms with Crippen molar-refractivity contribution in [2.75, 3.05) is 20.2 Å². The van der Waals surface area contributed by atoms with Gasteiger partial charge in [-0.15, -0.1) is 11.3 Å². The molecule has 3 heterocycles. The fourth-order valence-corrected chi connectivity index (χ4v) is 7.15. The lowest BCUT2D eigenvalue weighted by Gasteiger charge is -2.32. The summed E-state index contributed by atoms with van der Waals surface area (Å²) in [5, 5.41) is 7.88. The van der Waals surface area contributed by atoms with Crippen molar-refractivity contribution in [2.24, 2.45) is 5.92 Å². The second kappa shape index (κ2) is 11.7. The highest BCUT2D eigenvalue weighted by atomic mass is 32.2. The Hall–Kier alpha value is -3.22. The van der Waals surface area contributed by atoms with Gasteiger partial charge in [-0.25, -0.2) is 12.7 Å². The molecule has 0 radical (unpaired) electrons. The maximum absolute atomic E-state index is 14.0. The molecule has 2 atom stereocenters. The van der Waals surface area contributed by atoms with Crippen LogP contribution in [0.4, 0.5) is 0 Å². The van der Waals surface area contributed by atoms with Crippen molar-refractivity contribution in [3.8, 4) is 5.75 Å². The first-order valence-electron chi connectivity index (χ1n) is 12.4. The number of thiophene rings is 1. The summed E-state index contributed by atoms with van der Waals surface area (Å²) in [5.74, 6) is -1.41. The van der Waals surface area contributed by atoms with Crippen LogP contribution in [0.2, 0.25) is 0 Å². The van der Waals surface area contributed by atoms with Crippen LogP contribution in [0.15, 0.2) is 50.4 Å². The van der Waals surface area contributed by atoms with Crippen molar-refractivity contribution in [1.82, 2.24) is 14.9 Å². The number of methoxy groups -OCH3 is 1. The van der Waals surface area contributed by atoms with E-state index >= 15 is 0 Å². The number of furan rings is 1. The zero-order valence-corrected chi connectivity index (χ0v) is 23.1. The van der Waals surface area contributed by atoms with Crippen molar-refractivity contribution < 1.29 is 32.0 Å². The minimum absolute atomic E-state index is 0.0304. The SMILES string of the molecule is COc1ccc2oc(C(=O)NC(CC(C)C)C(=O)N([C@H]3CCCNCC3=O)S(=O)(=O)c3cccs3)cc2c1. The summed E-state index contributed by atoms with van der Waals surface area (Å²) in [6.45, 7) is 4.21. The molecule has 1 fully saturated rings. The largest absolute Gasteiger partial charge is 0.497 e. The molecular weight excluding hydrogens is 530 g/mol. The Morgan fingerprint density at radius 2 is 2.05 bits per heavy atom. The summed E-state index contributed by atoms with van der Waals surface area (Å²) >= 11 is 0.966. The number of Topliss-reactive ketones (excluding diaryl/α,β-unsaturated/α-hetero) is 1. The van der Waals surface area contributed by atoms with Crippen LogP contribution >= 0.6 is 11.3 Å². The van der Waals surface area contributed by atoms with E-state index in [4.69, 9.17) is 9.15 Å². The first-order chi connectivity index (χ1) is 18.1. The van der Waals surface area contributed by atoms with Gasteiger partial charge in [0.15, 0.2) is 11.5 Å². The minimum atomic E-state index is -4.35. The number of fused-ring (bicyclic) bond motifs is 1. The number of hydrogen-bond acceptors (Lipinski definition) is 9. The molecule has 2 N–H and O–H groups in total. The number of carbonyl (C=O) groups excluding carboxylic acids is 3. The molecule has 1 unspecified atom stereocenters. The quantitative estimate of drug-likeness (QED) is 0.407. The van der Waals surface area contributed by atoms with Gasteiger partial charge in [-0.3, -0.25) is 14.4 Å². The van der Waals surface area contributed by atoms with Crippen molar-refractivity contribution in [3.05, 3.63) is 47.5 Å². The lowest BCUT2D eigenvalue weighted by atomic mass is 10.0. The highest BCUT2D eigenvalue weighted by Gasteiger charge is 2.43. The molecule has 12 heteroatoms. The van der Waals surface area contributed by atoms with Gasteiger partial charge in [0.25, 0.3) is 21.8 Å². The van der Waals surface area contributed by atoms with Gasteiger partial charge in [-0.1, -0.05) is 19.9 Å². The van der Waals surface area contributed by atoms with E-state index in [2.05, 4.69) is 10.6 Å². The van der Waals surface area contributed by atoms with Crippen molar-refractivity contribution in [3.63, 3.8) is 0 Å². The van der Waals surface area contributed by atoms with Crippen LogP contribution in [0.5, 0.6) is 5.75 Å². The lowest BCUT2D eigenvalue weighted by molar-refractivity contribution is -0.135. The number of sulfonamides is 1. The standard InChI is InChI=1S/C26H31N3O7S2/c1-16(2)12-19(28-25(31)23-14-17-13-18(35-3)8-9-22(17)36-23)26(32)29(20-6-4-10-27-15-21(20)30)38(33,34)24-7-5-11-37-24/h5,7-9,11,13-14,16,19-20,27H,4,6,10,12,15H2,1-3H3,(H,28,31)/t19?,20-/m0/s1. The van der Waals surface area contributed by atoms with Crippen LogP contribution in [0.1, 0.15) is 43.7 Å². The molecule has 0 aliphatic carbocycles. The first kappa shape index (κ1) is 27.8. The molecule has 38 heavy (non-hydrogen) atoms. The number of rotatable bonds is 9. The number of nitrogens with zero attached hydrogens (tertiary/aromatic N) is 1. The van der Waals surface area contributed by atoms with Crippen LogP contribution in [0.25, 0.3) is 11.0 Å². The number of ether oxygens (including phenoxy) is 1. The molecule has 0 bridgehead atoms. The predicted octanol–water partition coefficient (Wildman–Crippen LogP) is 3.19. The fraction of sp³-hybridized carbons (Fsp3) is 0.423. The smallest absolute Gasteiger partial charge is 0.287 e. The predicted molar refractivity (Wildman–Crippen MR) is 143 cm³/mol. The molecule has 1 aliphatic heterocycles. The molecule has 0 saturated carbocycles. The third-order valence-electron chi connectivity index (χ3n) is 6.27. The summed E-state index contributed by atoms with van der Waals surface area (Å²) in [7, 11) is -2.82. The normalized spacial score (nSPS) is 17.3. The molecule has 0 spiro atoms. The van der Waals surface area contributed by atoms with E-state index in [1.807, 2.05) is 13.8 Å². The van der Waals surface area contributed by atoms with Crippen molar-refractivity contribution >= 4 is 49.9 Å². The lowest BCUT2D eigenvalue weighted by Crippen LogP contribution is -2.56. The number of nitrogens with one attached hydrogen (secondary N) is 2. The zero-order valence-electron chi connectivity index (χ0n) is 21.4. The number of hydrogen-bond donors (Lipinski definition) is 2. The topological polar surface area (TPSA) is 135 Å². The van der Waals surface area contributed by atoms with E-state index < -0.39 is 39.7 Å². The fourth-order valence-electron chi connectivity index (χ4n) is 4.44. The molecule has 2 amide bonds. The average Bonchev–Trinajstić information content (AvgIpc) is 3.52. The van der Waals surface area contributed by atoms with Crippen LogP contribution in [0.3, 0.4) is 0 Å². The highest BCUT2D eigenvalue weighted by Crippen LogP contribution is 2.28.